The molecule has 0 spiro atoms. The highest BCUT2D eigenvalue weighted by molar-refractivity contribution is 5.39. The summed E-state index contributed by atoms with van der Waals surface area (Å²) in [7, 11) is 0. The van der Waals surface area contributed by atoms with Crippen LogP contribution in [-0.4, -0.2) is 37.9 Å². The summed E-state index contributed by atoms with van der Waals surface area (Å²) in [6, 6.07) is 0. The average Bonchev–Trinajstić information content (AvgIpc) is 3.23. The van der Waals surface area contributed by atoms with Crippen LogP contribution in [0.1, 0.15) is 68.3 Å². The number of rotatable bonds is 7. The van der Waals surface area contributed by atoms with Crippen LogP contribution in [0.25, 0.3) is 0 Å². The first-order valence-corrected chi connectivity index (χ1v) is 9.30. The summed E-state index contributed by atoms with van der Waals surface area (Å²) in [6.07, 6.45) is 8.86. The second-order valence-electron chi connectivity index (χ2n) is 7.24. The highest BCUT2D eigenvalue weighted by Crippen LogP contribution is 2.41. The van der Waals surface area contributed by atoms with Crippen molar-refractivity contribution >= 4 is 5.82 Å². The Labute approximate surface area is 147 Å². The number of hydrogen-bond acceptors (Lipinski definition) is 7. The number of aryl methyl sites for hydroxylation is 1. The molecule has 0 radical (unpaired) electrons. The van der Waals surface area contributed by atoms with Gasteiger partial charge in [0.05, 0.1) is 11.8 Å². The molecule has 0 bridgehead atoms. The molecule has 0 amide bonds. The van der Waals surface area contributed by atoms with Gasteiger partial charge in [0.15, 0.2) is 5.82 Å². The molecule has 2 aromatic rings. The van der Waals surface area contributed by atoms with Crippen molar-refractivity contribution in [3.63, 3.8) is 0 Å². The summed E-state index contributed by atoms with van der Waals surface area (Å²) in [4.78, 5) is 13.3. The second-order valence-corrected chi connectivity index (χ2v) is 7.24. The Bertz CT molecular complexity index is 715. The molecule has 2 aliphatic rings. The van der Waals surface area contributed by atoms with Crippen LogP contribution in [0.4, 0.5) is 5.82 Å². The lowest BCUT2D eigenvalue weighted by molar-refractivity contribution is 0.137. The Morgan fingerprint density at radius 1 is 1.20 bits per heavy atom. The molecule has 3 atom stereocenters. The summed E-state index contributed by atoms with van der Waals surface area (Å²) in [5.41, 5.74) is 0.986. The van der Waals surface area contributed by atoms with E-state index in [-0.39, 0.29) is 17.9 Å². The summed E-state index contributed by atoms with van der Waals surface area (Å²) >= 11 is 0. The molecule has 0 unspecified atom stereocenters. The largest absolute Gasteiger partial charge is 0.393 e. The molecule has 7 nitrogen and oxygen atoms in total. The number of nitrogens with one attached hydrogen (secondary N) is 1. The van der Waals surface area contributed by atoms with Crippen LogP contribution < -0.4 is 5.32 Å². The molecule has 134 valence electrons. The SMILES string of the molecule is CCCc1nccnc1NC[C@H]1C[C@H](c2nc(C3CC3)no2)C[C@H]1O. The number of hydrogen-bond donors (Lipinski definition) is 2. The van der Waals surface area contributed by atoms with Gasteiger partial charge in [-0.2, -0.15) is 4.98 Å². The van der Waals surface area contributed by atoms with Crippen molar-refractivity contribution in [3.05, 3.63) is 29.8 Å². The molecule has 2 saturated carbocycles. The Kier molecular flexibility index (Phi) is 4.65. The minimum Gasteiger partial charge on any atom is -0.393 e. The van der Waals surface area contributed by atoms with Crippen LogP contribution in [0.3, 0.4) is 0 Å². The molecule has 0 aliphatic heterocycles. The van der Waals surface area contributed by atoms with E-state index in [0.717, 1.165) is 49.4 Å². The standard InChI is InChI=1S/C18H25N5O2/c1-2-3-14-17(20-7-6-19-14)21-10-13-8-12(9-15(13)24)18-22-16(23-25-18)11-4-5-11/h6-7,11-13,15,24H,2-5,8-10H2,1H3,(H,20,21)/t12-,13+,15+/m0/s1. The van der Waals surface area contributed by atoms with Gasteiger partial charge in [0.2, 0.25) is 5.89 Å². The van der Waals surface area contributed by atoms with E-state index in [9.17, 15) is 5.11 Å². The zero-order valence-corrected chi connectivity index (χ0v) is 14.6. The number of anilines is 1. The molecule has 25 heavy (non-hydrogen) atoms. The molecule has 7 heteroatoms. The normalized spacial score (nSPS) is 26.1. The van der Waals surface area contributed by atoms with Crippen LogP contribution >= 0.6 is 0 Å². The van der Waals surface area contributed by atoms with Gasteiger partial charge in [0.25, 0.3) is 0 Å². The molecular formula is C18H25N5O2. The molecular weight excluding hydrogens is 318 g/mol. The van der Waals surface area contributed by atoms with E-state index in [0.29, 0.717) is 24.8 Å². The van der Waals surface area contributed by atoms with Crippen LogP contribution in [0.15, 0.2) is 16.9 Å². The van der Waals surface area contributed by atoms with Crippen LogP contribution in [0.5, 0.6) is 0 Å². The first-order chi connectivity index (χ1) is 12.2. The van der Waals surface area contributed by atoms with Crippen molar-refractivity contribution in [3.8, 4) is 0 Å². The maximum atomic E-state index is 10.4. The van der Waals surface area contributed by atoms with Gasteiger partial charge in [0, 0.05) is 36.7 Å². The molecule has 2 heterocycles. The van der Waals surface area contributed by atoms with Crippen LogP contribution in [0.2, 0.25) is 0 Å². The van der Waals surface area contributed by atoms with E-state index in [1.54, 1.807) is 12.4 Å². The van der Waals surface area contributed by atoms with E-state index >= 15 is 0 Å². The lowest BCUT2D eigenvalue weighted by Crippen LogP contribution is -2.22. The van der Waals surface area contributed by atoms with Crippen molar-refractivity contribution < 1.29 is 9.63 Å². The van der Waals surface area contributed by atoms with Gasteiger partial charge in [-0.05, 0) is 32.1 Å². The highest BCUT2D eigenvalue weighted by atomic mass is 16.5. The fraction of sp³-hybridized carbons (Fsp3) is 0.667. The van der Waals surface area contributed by atoms with Crippen molar-refractivity contribution in [1.29, 1.82) is 0 Å². The molecule has 2 aromatic heterocycles. The molecule has 0 aromatic carbocycles. The lowest BCUT2D eigenvalue weighted by atomic mass is 10.0. The maximum absolute atomic E-state index is 10.4. The summed E-state index contributed by atoms with van der Waals surface area (Å²) in [5, 5.41) is 17.9. The first kappa shape index (κ1) is 16.4. The fourth-order valence-electron chi connectivity index (χ4n) is 3.61. The summed E-state index contributed by atoms with van der Waals surface area (Å²) in [6.45, 7) is 2.81. The van der Waals surface area contributed by atoms with Crippen molar-refractivity contribution in [2.75, 3.05) is 11.9 Å². The highest BCUT2D eigenvalue weighted by Gasteiger charge is 2.38. The number of aliphatic hydroxyl groups is 1. The van der Waals surface area contributed by atoms with Crippen LogP contribution in [-0.2, 0) is 6.42 Å². The predicted molar refractivity (Wildman–Crippen MR) is 92.3 cm³/mol. The van der Waals surface area contributed by atoms with Crippen LogP contribution in [0, 0.1) is 5.92 Å². The summed E-state index contributed by atoms with van der Waals surface area (Å²) < 4.78 is 5.45. The van der Waals surface area contributed by atoms with Gasteiger partial charge >= 0.3 is 0 Å². The Morgan fingerprint density at radius 2 is 2.04 bits per heavy atom. The third-order valence-corrected chi connectivity index (χ3v) is 5.20. The average molecular weight is 343 g/mol. The minimum absolute atomic E-state index is 0.151. The van der Waals surface area contributed by atoms with E-state index < -0.39 is 0 Å². The van der Waals surface area contributed by atoms with Crippen molar-refractivity contribution in [1.82, 2.24) is 20.1 Å². The first-order valence-electron chi connectivity index (χ1n) is 9.30. The molecule has 0 saturated heterocycles. The predicted octanol–water partition coefficient (Wildman–Crippen LogP) is 2.66. The quantitative estimate of drug-likeness (QED) is 0.797. The van der Waals surface area contributed by atoms with E-state index in [4.69, 9.17) is 4.52 Å². The van der Waals surface area contributed by atoms with Crippen molar-refractivity contribution in [2.45, 2.75) is 63.4 Å². The van der Waals surface area contributed by atoms with E-state index in [1.165, 1.54) is 0 Å². The Hall–Kier alpha value is -2.02. The van der Waals surface area contributed by atoms with Gasteiger partial charge < -0.3 is 14.9 Å². The minimum atomic E-state index is -0.361. The number of aromatic nitrogens is 4. The monoisotopic (exact) mass is 343 g/mol. The number of aliphatic hydroxyl groups excluding tert-OH is 1. The third-order valence-electron chi connectivity index (χ3n) is 5.20. The molecule has 4 rings (SSSR count). The van der Waals surface area contributed by atoms with Gasteiger partial charge in [0.1, 0.15) is 5.82 Å². The fourth-order valence-corrected chi connectivity index (χ4v) is 3.61. The van der Waals surface area contributed by atoms with Gasteiger partial charge in [-0.25, -0.2) is 4.98 Å². The van der Waals surface area contributed by atoms with E-state index in [1.807, 2.05) is 0 Å². The maximum Gasteiger partial charge on any atom is 0.229 e. The lowest BCUT2D eigenvalue weighted by Gasteiger charge is -2.16. The third kappa shape index (κ3) is 3.66. The zero-order valence-electron chi connectivity index (χ0n) is 14.6. The molecule has 2 fully saturated rings. The Morgan fingerprint density at radius 3 is 2.84 bits per heavy atom. The van der Waals surface area contributed by atoms with Gasteiger partial charge in [-0.1, -0.05) is 18.5 Å². The topological polar surface area (TPSA) is 97.0 Å². The zero-order chi connectivity index (χ0) is 17.2. The summed E-state index contributed by atoms with van der Waals surface area (Å²) in [5.74, 6) is 3.16. The number of nitrogens with zero attached hydrogens (tertiary/aromatic N) is 4. The van der Waals surface area contributed by atoms with E-state index in [2.05, 4.69) is 32.3 Å². The second kappa shape index (κ2) is 7.07. The van der Waals surface area contributed by atoms with Gasteiger partial charge in [-0.15, -0.1) is 0 Å². The van der Waals surface area contributed by atoms with Gasteiger partial charge in [-0.3, -0.25) is 4.98 Å². The smallest absolute Gasteiger partial charge is 0.229 e. The Balaban J connectivity index is 1.36. The molecule has 2 aliphatic carbocycles. The molecule has 2 N–H and O–H groups in total. The van der Waals surface area contributed by atoms with Crippen molar-refractivity contribution in [2.24, 2.45) is 5.92 Å².